The average molecular weight is 198 g/mol. The van der Waals surface area contributed by atoms with Gasteiger partial charge in [-0.05, 0) is 6.92 Å². The molecule has 0 saturated heterocycles. The van der Waals surface area contributed by atoms with Gasteiger partial charge in [-0.25, -0.2) is 8.78 Å². The highest BCUT2D eigenvalue weighted by molar-refractivity contribution is 5.96. The second-order valence-electron chi connectivity index (χ2n) is 3.22. The Morgan fingerprint density at radius 3 is 2.36 bits per heavy atom. The van der Waals surface area contributed by atoms with Crippen LogP contribution in [0.2, 0.25) is 0 Å². The van der Waals surface area contributed by atoms with Gasteiger partial charge in [0.05, 0.1) is 0 Å². The minimum absolute atomic E-state index is 0.0826. The molecule has 0 aliphatic rings. The van der Waals surface area contributed by atoms with Crippen LogP contribution in [0, 0.1) is 6.92 Å². The lowest BCUT2D eigenvalue weighted by Gasteiger charge is -2.00. The van der Waals surface area contributed by atoms with Gasteiger partial charge in [-0.1, -0.05) is 29.8 Å². The van der Waals surface area contributed by atoms with Gasteiger partial charge in [0.1, 0.15) is 0 Å². The van der Waals surface area contributed by atoms with Crippen molar-refractivity contribution in [2.24, 2.45) is 0 Å². The quantitative estimate of drug-likeness (QED) is 0.679. The molecule has 0 aromatic heterocycles. The molecule has 0 N–H and O–H groups in total. The molecule has 76 valence electrons. The summed E-state index contributed by atoms with van der Waals surface area (Å²) in [6.07, 6.45) is -2.84. The molecule has 0 bridgehead atoms. The fourth-order valence-corrected chi connectivity index (χ4v) is 1.12. The summed E-state index contributed by atoms with van der Waals surface area (Å²) in [4.78, 5) is 11.3. The van der Waals surface area contributed by atoms with Gasteiger partial charge in [0.2, 0.25) is 6.43 Å². The highest BCUT2D eigenvalue weighted by Gasteiger charge is 2.09. The van der Waals surface area contributed by atoms with Crippen molar-refractivity contribution in [3.05, 3.63) is 35.4 Å². The number of hydrogen-bond acceptors (Lipinski definition) is 1. The van der Waals surface area contributed by atoms with Gasteiger partial charge in [0.25, 0.3) is 0 Å². The number of carbonyl (C=O) groups is 1. The van der Waals surface area contributed by atoms with Crippen LogP contribution in [0.15, 0.2) is 24.3 Å². The van der Waals surface area contributed by atoms with E-state index in [0.717, 1.165) is 5.56 Å². The van der Waals surface area contributed by atoms with Crippen LogP contribution in [-0.2, 0) is 0 Å². The summed E-state index contributed by atoms with van der Waals surface area (Å²) in [5, 5.41) is 0. The van der Waals surface area contributed by atoms with Crippen molar-refractivity contribution in [3.8, 4) is 0 Å². The first-order chi connectivity index (χ1) is 6.59. The van der Waals surface area contributed by atoms with Crippen LogP contribution >= 0.6 is 0 Å². The lowest BCUT2D eigenvalue weighted by Crippen LogP contribution is -2.02. The zero-order valence-electron chi connectivity index (χ0n) is 7.97. The summed E-state index contributed by atoms with van der Waals surface area (Å²) in [6, 6.07) is 6.94. The van der Waals surface area contributed by atoms with Crippen LogP contribution in [0.5, 0.6) is 0 Å². The largest absolute Gasteiger partial charge is 0.294 e. The van der Waals surface area contributed by atoms with Crippen molar-refractivity contribution in [2.45, 2.75) is 26.2 Å². The van der Waals surface area contributed by atoms with Crippen molar-refractivity contribution < 1.29 is 13.6 Å². The van der Waals surface area contributed by atoms with E-state index in [-0.39, 0.29) is 18.6 Å². The van der Waals surface area contributed by atoms with Crippen LogP contribution in [0.3, 0.4) is 0 Å². The van der Waals surface area contributed by atoms with Gasteiger partial charge in [0.15, 0.2) is 5.78 Å². The first-order valence-electron chi connectivity index (χ1n) is 4.47. The zero-order valence-corrected chi connectivity index (χ0v) is 7.97. The standard InChI is InChI=1S/C11H12F2O/c1-8-2-4-9(5-3-8)10(14)6-7-11(12)13/h2-5,11H,6-7H2,1H3. The minimum atomic E-state index is -2.40. The molecule has 0 radical (unpaired) electrons. The molecular weight excluding hydrogens is 186 g/mol. The lowest BCUT2D eigenvalue weighted by molar-refractivity contribution is 0.0909. The molecule has 1 aromatic carbocycles. The van der Waals surface area contributed by atoms with E-state index in [1.54, 1.807) is 24.3 Å². The SMILES string of the molecule is Cc1ccc(C(=O)CCC(F)F)cc1. The van der Waals surface area contributed by atoms with Crippen LogP contribution < -0.4 is 0 Å². The molecule has 0 spiro atoms. The molecule has 1 nitrogen and oxygen atoms in total. The molecule has 0 heterocycles. The zero-order chi connectivity index (χ0) is 10.6. The third kappa shape index (κ3) is 3.24. The Bertz CT molecular complexity index is 304. The van der Waals surface area contributed by atoms with Gasteiger partial charge in [0, 0.05) is 18.4 Å². The predicted octanol–water partition coefficient (Wildman–Crippen LogP) is 3.22. The van der Waals surface area contributed by atoms with E-state index in [2.05, 4.69) is 0 Å². The summed E-state index contributed by atoms with van der Waals surface area (Å²) in [6.45, 7) is 1.91. The number of carbonyl (C=O) groups excluding carboxylic acids is 1. The van der Waals surface area contributed by atoms with Gasteiger partial charge >= 0.3 is 0 Å². The second kappa shape index (κ2) is 4.84. The number of alkyl halides is 2. The van der Waals surface area contributed by atoms with E-state index in [4.69, 9.17) is 0 Å². The Morgan fingerprint density at radius 2 is 1.86 bits per heavy atom. The Hall–Kier alpha value is -1.25. The van der Waals surface area contributed by atoms with Gasteiger partial charge < -0.3 is 0 Å². The summed E-state index contributed by atoms with van der Waals surface area (Å²) in [5.74, 6) is -0.217. The molecule has 1 aromatic rings. The first-order valence-corrected chi connectivity index (χ1v) is 4.47. The maximum atomic E-state index is 11.8. The van der Waals surface area contributed by atoms with Crippen molar-refractivity contribution in [2.75, 3.05) is 0 Å². The molecule has 0 amide bonds. The Balaban J connectivity index is 2.57. The van der Waals surface area contributed by atoms with Crippen LogP contribution in [0.1, 0.15) is 28.8 Å². The van der Waals surface area contributed by atoms with Gasteiger partial charge in [-0.15, -0.1) is 0 Å². The smallest absolute Gasteiger partial charge is 0.239 e. The summed E-state index contributed by atoms with van der Waals surface area (Å²) in [5.41, 5.74) is 1.56. The monoisotopic (exact) mass is 198 g/mol. The molecule has 3 heteroatoms. The van der Waals surface area contributed by atoms with E-state index in [9.17, 15) is 13.6 Å². The minimum Gasteiger partial charge on any atom is -0.294 e. The summed E-state index contributed by atoms with van der Waals surface area (Å²) in [7, 11) is 0. The highest BCUT2D eigenvalue weighted by Crippen LogP contribution is 2.10. The van der Waals surface area contributed by atoms with Crippen molar-refractivity contribution >= 4 is 5.78 Å². The lowest BCUT2D eigenvalue weighted by atomic mass is 10.1. The molecule has 0 unspecified atom stereocenters. The second-order valence-corrected chi connectivity index (χ2v) is 3.22. The Kier molecular flexibility index (Phi) is 3.74. The number of ketones is 1. The molecule has 1 rings (SSSR count). The number of halogens is 2. The normalized spacial score (nSPS) is 10.6. The van der Waals surface area contributed by atoms with Crippen LogP contribution in [-0.4, -0.2) is 12.2 Å². The number of benzene rings is 1. The van der Waals surface area contributed by atoms with E-state index in [1.807, 2.05) is 6.92 Å². The van der Waals surface area contributed by atoms with Crippen molar-refractivity contribution in [3.63, 3.8) is 0 Å². The van der Waals surface area contributed by atoms with Gasteiger partial charge in [-0.3, -0.25) is 4.79 Å². The van der Waals surface area contributed by atoms with Crippen molar-refractivity contribution in [1.29, 1.82) is 0 Å². The predicted molar refractivity (Wildman–Crippen MR) is 50.7 cm³/mol. The highest BCUT2D eigenvalue weighted by atomic mass is 19.3. The third-order valence-corrected chi connectivity index (χ3v) is 1.96. The molecule has 0 aliphatic heterocycles. The van der Waals surface area contributed by atoms with Crippen LogP contribution in [0.4, 0.5) is 8.78 Å². The number of hydrogen-bond donors (Lipinski definition) is 0. The van der Waals surface area contributed by atoms with Gasteiger partial charge in [-0.2, -0.15) is 0 Å². The fraction of sp³-hybridized carbons (Fsp3) is 0.364. The number of Topliss-reactive ketones (excluding diaryl/α,β-unsaturated/α-hetero) is 1. The fourth-order valence-electron chi connectivity index (χ4n) is 1.12. The molecular formula is C11H12F2O. The summed E-state index contributed by atoms with van der Waals surface area (Å²) < 4.78 is 23.6. The maximum Gasteiger partial charge on any atom is 0.239 e. The Labute approximate surface area is 81.7 Å². The molecule has 0 atom stereocenters. The van der Waals surface area contributed by atoms with E-state index in [0.29, 0.717) is 5.56 Å². The van der Waals surface area contributed by atoms with E-state index >= 15 is 0 Å². The molecule has 14 heavy (non-hydrogen) atoms. The number of rotatable bonds is 4. The van der Waals surface area contributed by atoms with Crippen molar-refractivity contribution in [1.82, 2.24) is 0 Å². The molecule has 0 saturated carbocycles. The van der Waals surface area contributed by atoms with E-state index < -0.39 is 6.43 Å². The van der Waals surface area contributed by atoms with E-state index in [1.165, 1.54) is 0 Å². The number of aryl methyl sites for hydroxylation is 1. The topological polar surface area (TPSA) is 17.1 Å². The summed E-state index contributed by atoms with van der Waals surface area (Å²) >= 11 is 0. The maximum absolute atomic E-state index is 11.8. The Morgan fingerprint density at radius 1 is 1.29 bits per heavy atom. The first kappa shape index (κ1) is 10.8. The third-order valence-electron chi connectivity index (χ3n) is 1.96. The van der Waals surface area contributed by atoms with Crippen LogP contribution in [0.25, 0.3) is 0 Å². The molecule has 0 fully saturated rings. The molecule has 0 aliphatic carbocycles. The average Bonchev–Trinajstić information content (AvgIpc) is 2.15.